The summed E-state index contributed by atoms with van der Waals surface area (Å²) in [6.07, 6.45) is 15.5. The molecule has 66 heavy (non-hydrogen) atoms. The Morgan fingerprint density at radius 2 is 1.03 bits per heavy atom. The van der Waals surface area contributed by atoms with Crippen LogP contribution in [0.2, 0.25) is 0 Å². The molecular weight excluding hydrogens is 845 g/mol. The SMILES string of the molecule is CCCCOC(CN1CC1C)NCCCCCCN(CCCCCCOC(CN1CC1C)OCCCC)C(=O)N(CCCCCCNC(=O)OC(CN1CC1C)OCCCC)C(=O)NC=O. The molecule has 9 atom stereocenters. The average molecular weight is 939 g/mol. The van der Waals surface area contributed by atoms with Crippen LogP contribution in [0.15, 0.2) is 0 Å². The molecule has 3 heterocycles. The summed E-state index contributed by atoms with van der Waals surface area (Å²) in [5.41, 5.74) is 0. The molecule has 0 bridgehead atoms. The molecule has 0 aromatic heterocycles. The van der Waals surface area contributed by atoms with E-state index in [0.717, 1.165) is 155 Å². The molecule has 3 saturated heterocycles. The average Bonchev–Trinajstić information content (AvgIpc) is 4.26. The molecule has 3 N–H and O–H groups in total. The van der Waals surface area contributed by atoms with Crippen molar-refractivity contribution < 1.29 is 42.9 Å². The third-order valence-electron chi connectivity index (χ3n) is 12.7. The number of rotatable bonds is 43. The first-order valence-electron chi connectivity index (χ1n) is 26.3. The highest BCUT2D eigenvalue weighted by Crippen LogP contribution is 2.20. The van der Waals surface area contributed by atoms with Gasteiger partial charge in [-0.2, -0.15) is 0 Å². The van der Waals surface area contributed by atoms with E-state index in [1.54, 1.807) is 4.90 Å². The number of carbonyl (C=O) groups is 4. The highest BCUT2D eigenvalue weighted by Gasteiger charge is 2.34. The van der Waals surface area contributed by atoms with Crippen LogP contribution in [0.25, 0.3) is 0 Å². The zero-order valence-corrected chi connectivity index (χ0v) is 42.3. The first kappa shape index (κ1) is 57.7. The molecule has 6 amide bonds. The molecule has 3 aliphatic heterocycles. The van der Waals surface area contributed by atoms with Gasteiger partial charge in [0.2, 0.25) is 12.7 Å². The second-order valence-electron chi connectivity index (χ2n) is 18.8. The molecule has 0 saturated carbocycles. The van der Waals surface area contributed by atoms with Gasteiger partial charge in [-0.15, -0.1) is 0 Å². The normalized spacial score (nSPS) is 22.0. The zero-order valence-electron chi connectivity index (χ0n) is 42.3. The Morgan fingerprint density at radius 1 is 0.576 bits per heavy atom. The van der Waals surface area contributed by atoms with E-state index in [1.165, 1.54) is 4.90 Å². The third kappa shape index (κ3) is 26.8. The lowest BCUT2D eigenvalue weighted by atomic mass is 10.1. The first-order chi connectivity index (χ1) is 32.1. The van der Waals surface area contributed by atoms with Crippen LogP contribution >= 0.6 is 0 Å². The molecule has 0 aromatic carbocycles. The Bertz CT molecular complexity index is 1260. The molecule has 3 aliphatic rings. The number of ether oxygens (including phenoxy) is 5. The van der Waals surface area contributed by atoms with Gasteiger partial charge in [0, 0.05) is 96.8 Å². The highest BCUT2D eigenvalue weighted by atomic mass is 16.7. The van der Waals surface area contributed by atoms with E-state index in [0.29, 0.717) is 77.0 Å². The maximum Gasteiger partial charge on any atom is 0.409 e. The Labute approximate surface area is 399 Å². The molecule has 0 spiro atoms. The van der Waals surface area contributed by atoms with Crippen LogP contribution in [0.4, 0.5) is 14.4 Å². The minimum atomic E-state index is -0.708. The minimum absolute atomic E-state index is 0.0444. The second-order valence-corrected chi connectivity index (χ2v) is 18.8. The van der Waals surface area contributed by atoms with Crippen molar-refractivity contribution >= 4 is 24.6 Å². The molecule has 384 valence electrons. The molecular formula is C49H94N8O9. The molecule has 3 fully saturated rings. The van der Waals surface area contributed by atoms with Crippen molar-refractivity contribution in [2.45, 2.75) is 194 Å². The zero-order chi connectivity index (χ0) is 47.8. The van der Waals surface area contributed by atoms with E-state index in [2.05, 4.69) is 72.2 Å². The van der Waals surface area contributed by atoms with Crippen molar-refractivity contribution in [1.82, 2.24) is 40.4 Å². The summed E-state index contributed by atoms with van der Waals surface area (Å²) in [6, 6.07) is 0.640. The van der Waals surface area contributed by atoms with Crippen LogP contribution in [0.5, 0.6) is 0 Å². The summed E-state index contributed by atoms with van der Waals surface area (Å²) in [6.45, 7) is 23.8. The number of amides is 6. The van der Waals surface area contributed by atoms with Crippen molar-refractivity contribution in [2.75, 3.05) is 98.4 Å². The molecule has 9 unspecified atom stereocenters. The number of nitrogens with zero attached hydrogens (tertiary/aromatic N) is 5. The fourth-order valence-electron chi connectivity index (χ4n) is 7.78. The largest absolute Gasteiger partial charge is 0.418 e. The van der Waals surface area contributed by atoms with Crippen molar-refractivity contribution in [3.63, 3.8) is 0 Å². The number of unbranched alkanes of at least 4 members (excludes halogenated alkanes) is 12. The minimum Gasteiger partial charge on any atom is -0.418 e. The van der Waals surface area contributed by atoms with Gasteiger partial charge in [0.1, 0.15) is 6.23 Å². The van der Waals surface area contributed by atoms with E-state index < -0.39 is 18.4 Å². The topological polar surface area (TPSA) is 166 Å². The van der Waals surface area contributed by atoms with Crippen LogP contribution in [-0.4, -0.2) is 184 Å². The van der Waals surface area contributed by atoms with Crippen LogP contribution in [0, 0.1) is 0 Å². The predicted octanol–water partition coefficient (Wildman–Crippen LogP) is 7.13. The third-order valence-corrected chi connectivity index (χ3v) is 12.7. The van der Waals surface area contributed by atoms with Gasteiger partial charge in [0.25, 0.3) is 0 Å². The first-order valence-corrected chi connectivity index (χ1v) is 26.3. The Hall–Kier alpha value is -2.64. The van der Waals surface area contributed by atoms with Crippen molar-refractivity contribution in [3.8, 4) is 0 Å². The summed E-state index contributed by atoms with van der Waals surface area (Å²) >= 11 is 0. The summed E-state index contributed by atoms with van der Waals surface area (Å²) in [5, 5.41) is 8.66. The summed E-state index contributed by atoms with van der Waals surface area (Å²) in [7, 11) is 0. The van der Waals surface area contributed by atoms with Crippen molar-refractivity contribution in [2.24, 2.45) is 0 Å². The van der Waals surface area contributed by atoms with Crippen molar-refractivity contribution in [3.05, 3.63) is 0 Å². The summed E-state index contributed by atoms with van der Waals surface area (Å²) < 4.78 is 29.7. The summed E-state index contributed by atoms with van der Waals surface area (Å²) in [4.78, 5) is 61.2. The van der Waals surface area contributed by atoms with E-state index in [9.17, 15) is 19.2 Å². The Morgan fingerprint density at radius 3 is 1.58 bits per heavy atom. The Kier molecular flexibility index (Phi) is 31.0. The van der Waals surface area contributed by atoms with E-state index >= 15 is 0 Å². The predicted molar refractivity (Wildman–Crippen MR) is 259 cm³/mol. The molecule has 17 nitrogen and oxygen atoms in total. The lowest BCUT2D eigenvalue weighted by molar-refractivity contribution is -0.147. The fourth-order valence-corrected chi connectivity index (χ4v) is 7.78. The number of hydrogen-bond donors (Lipinski definition) is 3. The standard InChI is InChI=1S/C49H94N8O9/c1-7-10-30-62-44(37-54-34-41(54)4)50-25-19-13-15-21-27-53(28-22-17-18-24-33-64-45(63-31-11-8-2)38-55-35-42(55)5)49(61)57(47(59)52-40-58)29-23-16-14-20-26-51-48(60)66-46(65-32-12-9-3)39-56-36-43(56)6/h40-46,50H,7-39H2,1-6H3,(H,51,60)(H,52,58,59). The number of urea groups is 2. The quantitative estimate of drug-likeness (QED) is 0.0245. The molecule has 17 heteroatoms. The van der Waals surface area contributed by atoms with Crippen LogP contribution in [-0.2, 0) is 28.5 Å². The second kappa shape index (κ2) is 35.5. The molecule has 3 rings (SSSR count). The lowest BCUT2D eigenvalue weighted by Crippen LogP contribution is -2.50. The van der Waals surface area contributed by atoms with Crippen LogP contribution in [0.1, 0.15) is 157 Å². The van der Waals surface area contributed by atoms with Gasteiger partial charge in [-0.05, 0) is 85.1 Å². The van der Waals surface area contributed by atoms with Gasteiger partial charge in [-0.25, -0.2) is 19.3 Å². The van der Waals surface area contributed by atoms with E-state index in [-0.39, 0.29) is 25.1 Å². The van der Waals surface area contributed by atoms with Gasteiger partial charge in [0.05, 0.1) is 13.2 Å². The monoisotopic (exact) mass is 939 g/mol. The molecule has 0 aliphatic carbocycles. The number of hydrogen-bond acceptors (Lipinski definition) is 13. The van der Waals surface area contributed by atoms with Gasteiger partial charge < -0.3 is 33.9 Å². The molecule has 0 aromatic rings. The lowest BCUT2D eigenvalue weighted by Gasteiger charge is -2.29. The number of imide groups is 2. The van der Waals surface area contributed by atoms with Crippen LogP contribution in [0.3, 0.4) is 0 Å². The maximum absolute atomic E-state index is 14.1. The summed E-state index contributed by atoms with van der Waals surface area (Å²) in [5.74, 6) is 0. The number of nitrogens with one attached hydrogen (secondary N) is 3. The fraction of sp³-hybridized carbons (Fsp3) is 0.918. The van der Waals surface area contributed by atoms with Crippen LogP contribution < -0.4 is 16.0 Å². The van der Waals surface area contributed by atoms with Gasteiger partial charge in [0.15, 0.2) is 6.29 Å². The van der Waals surface area contributed by atoms with Crippen molar-refractivity contribution in [1.29, 1.82) is 0 Å². The smallest absolute Gasteiger partial charge is 0.409 e. The number of carbonyl (C=O) groups excluding carboxylic acids is 4. The van der Waals surface area contributed by atoms with Gasteiger partial charge in [-0.3, -0.25) is 30.1 Å². The van der Waals surface area contributed by atoms with Gasteiger partial charge >= 0.3 is 18.2 Å². The highest BCUT2D eigenvalue weighted by molar-refractivity contribution is 5.97. The van der Waals surface area contributed by atoms with Gasteiger partial charge in [-0.1, -0.05) is 78.6 Å². The van der Waals surface area contributed by atoms with E-state index in [4.69, 9.17) is 23.7 Å². The Balaban J connectivity index is 1.45. The number of alkyl carbamates (subject to hydrolysis) is 1. The molecule has 0 radical (unpaired) electrons. The van der Waals surface area contributed by atoms with E-state index in [1.807, 2.05) is 0 Å². The maximum atomic E-state index is 14.1.